The van der Waals surface area contributed by atoms with Gasteiger partial charge in [0, 0.05) is 18.4 Å². The number of fused-ring (bicyclic) bond motifs is 3. The molecule has 0 unspecified atom stereocenters. The highest BCUT2D eigenvalue weighted by Gasteiger charge is 2.28. The summed E-state index contributed by atoms with van der Waals surface area (Å²) in [5, 5.41) is 0. The average molecular weight is 356 g/mol. The second kappa shape index (κ2) is 7.36. The zero-order chi connectivity index (χ0) is 18.8. The van der Waals surface area contributed by atoms with E-state index in [1.54, 1.807) is 6.07 Å². The maximum absolute atomic E-state index is 12.1. The van der Waals surface area contributed by atoms with Crippen LogP contribution in [0.5, 0.6) is 0 Å². The van der Waals surface area contributed by atoms with Crippen molar-refractivity contribution < 1.29 is 23.5 Å². The van der Waals surface area contributed by atoms with Gasteiger partial charge in [0.1, 0.15) is 23.2 Å². The SMILES string of the molecule is C=C(C)[C@@H]1CCC2=C[C@@H](C/C(C)=C\c3cc(C(=O)OC)c(o3)C1)OC2=O. The van der Waals surface area contributed by atoms with Crippen LogP contribution in [0.3, 0.4) is 0 Å². The van der Waals surface area contributed by atoms with E-state index in [-0.39, 0.29) is 18.0 Å². The van der Waals surface area contributed by atoms with Crippen molar-refractivity contribution in [2.75, 3.05) is 7.11 Å². The second-order valence-electron chi connectivity index (χ2n) is 7.09. The maximum atomic E-state index is 12.1. The van der Waals surface area contributed by atoms with Crippen molar-refractivity contribution >= 4 is 18.0 Å². The van der Waals surface area contributed by atoms with Gasteiger partial charge in [0.15, 0.2) is 0 Å². The number of hydrogen-bond donors (Lipinski definition) is 0. The quantitative estimate of drug-likeness (QED) is 0.586. The van der Waals surface area contributed by atoms with Gasteiger partial charge in [-0.1, -0.05) is 17.7 Å². The minimum atomic E-state index is -0.407. The zero-order valence-corrected chi connectivity index (χ0v) is 15.5. The van der Waals surface area contributed by atoms with Crippen LogP contribution in [0.1, 0.15) is 55.0 Å². The molecule has 0 N–H and O–H groups in total. The molecular formula is C21H24O5. The fourth-order valence-electron chi connectivity index (χ4n) is 3.48. The number of carbonyl (C=O) groups excluding carboxylic acids is 2. The molecule has 2 aliphatic heterocycles. The van der Waals surface area contributed by atoms with E-state index in [0.717, 1.165) is 23.1 Å². The zero-order valence-electron chi connectivity index (χ0n) is 15.5. The standard InChI is InChI=1S/C21H24O5/c1-12(2)14-5-6-15-9-16(26-20(15)22)7-13(3)8-17-11-18(21(23)24-4)19(10-14)25-17/h8-9,11,14,16H,1,5-7,10H2,2-4H3/b13-8-/t14-,16-/m1/s1. The first-order valence-corrected chi connectivity index (χ1v) is 8.82. The fourth-order valence-corrected chi connectivity index (χ4v) is 3.48. The van der Waals surface area contributed by atoms with Gasteiger partial charge in [0.2, 0.25) is 0 Å². The van der Waals surface area contributed by atoms with Crippen LogP contribution >= 0.6 is 0 Å². The van der Waals surface area contributed by atoms with Crippen LogP contribution in [0.15, 0.2) is 39.9 Å². The van der Waals surface area contributed by atoms with Gasteiger partial charge < -0.3 is 13.9 Å². The van der Waals surface area contributed by atoms with Crippen molar-refractivity contribution in [2.24, 2.45) is 5.92 Å². The van der Waals surface area contributed by atoms with E-state index in [2.05, 4.69) is 6.58 Å². The van der Waals surface area contributed by atoms with E-state index < -0.39 is 5.97 Å². The molecule has 0 saturated heterocycles. The van der Waals surface area contributed by atoms with E-state index >= 15 is 0 Å². The van der Waals surface area contributed by atoms with Gasteiger partial charge in [0.05, 0.1) is 7.11 Å². The van der Waals surface area contributed by atoms with E-state index in [9.17, 15) is 9.59 Å². The van der Waals surface area contributed by atoms with Crippen LogP contribution in [0.4, 0.5) is 0 Å². The Morgan fingerprint density at radius 3 is 2.81 bits per heavy atom. The van der Waals surface area contributed by atoms with Gasteiger partial charge in [-0.05, 0) is 50.8 Å². The maximum Gasteiger partial charge on any atom is 0.341 e. The Balaban J connectivity index is 2.01. The van der Waals surface area contributed by atoms with Crippen LogP contribution in [0.2, 0.25) is 0 Å². The van der Waals surface area contributed by atoms with Crippen LogP contribution in [0, 0.1) is 5.92 Å². The van der Waals surface area contributed by atoms with Crippen LogP contribution in [0.25, 0.3) is 6.08 Å². The minimum absolute atomic E-state index is 0.0935. The molecule has 0 radical (unpaired) electrons. The summed E-state index contributed by atoms with van der Waals surface area (Å²) in [6.07, 6.45) is 6.07. The highest BCUT2D eigenvalue weighted by atomic mass is 16.5. The summed E-state index contributed by atoms with van der Waals surface area (Å²) in [4.78, 5) is 24.2. The molecule has 26 heavy (non-hydrogen) atoms. The Hall–Kier alpha value is -2.56. The largest absolute Gasteiger partial charge is 0.465 e. The van der Waals surface area contributed by atoms with Gasteiger partial charge in [-0.25, -0.2) is 9.59 Å². The van der Waals surface area contributed by atoms with E-state index in [0.29, 0.717) is 36.3 Å². The summed E-state index contributed by atoms with van der Waals surface area (Å²) in [5.41, 5.74) is 3.17. The molecule has 1 aromatic heterocycles. The third-order valence-corrected chi connectivity index (χ3v) is 4.94. The fraction of sp³-hybridized carbons (Fsp3) is 0.429. The summed E-state index contributed by atoms with van der Waals surface area (Å²) in [6, 6.07) is 1.72. The third-order valence-electron chi connectivity index (χ3n) is 4.94. The average Bonchev–Trinajstić information content (AvgIpc) is 3.13. The summed E-state index contributed by atoms with van der Waals surface area (Å²) < 4.78 is 16.3. The predicted octanol–water partition coefficient (Wildman–Crippen LogP) is 4.24. The molecular weight excluding hydrogens is 332 g/mol. The molecule has 2 aliphatic rings. The first kappa shape index (κ1) is 18.2. The molecule has 5 nitrogen and oxygen atoms in total. The number of hydrogen-bond acceptors (Lipinski definition) is 5. The molecule has 0 aromatic carbocycles. The molecule has 0 fully saturated rings. The van der Waals surface area contributed by atoms with Crippen molar-refractivity contribution in [3.63, 3.8) is 0 Å². The second-order valence-corrected chi connectivity index (χ2v) is 7.09. The highest BCUT2D eigenvalue weighted by molar-refractivity contribution is 5.91. The summed E-state index contributed by atoms with van der Waals surface area (Å²) in [5.74, 6) is 0.662. The van der Waals surface area contributed by atoms with Gasteiger partial charge in [-0.3, -0.25) is 0 Å². The third kappa shape index (κ3) is 3.82. The van der Waals surface area contributed by atoms with Crippen molar-refractivity contribution in [3.8, 4) is 0 Å². The number of ether oxygens (including phenoxy) is 2. The molecule has 1 aromatic rings. The van der Waals surface area contributed by atoms with Gasteiger partial charge in [-0.15, -0.1) is 0 Å². The number of carbonyl (C=O) groups is 2. The number of furan rings is 1. The predicted molar refractivity (Wildman–Crippen MR) is 97.5 cm³/mol. The van der Waals surface area contributed by atoms with E-state index in [1.165, 1.54) is 7.11 Å². The first-order chi connectivity index (χ1) is 12.4. The van der Waals surface area contributed by atoms with Gasteiger partial charge in [0.25, 0.3) is 0 Å². The first-order valence-electron chi connectivity index (χ1n) is 8.82. The van der Waals surface area contributed by atoms with Crippen LogP contribution in [-0.4, -0.2) is 25.2 Å². The van der Waals surface area contributed by atoms with Crippen molar-refractivity contribution in [1.29, 1.82) is 0 Å². The lowest BCUT2D eigenvalue weighted by atomic mass is 9.89. The van der Waals surface area contributed by atoms with Crippen molar-refractivity contribution in [3.05, 3.63) is 52.5 Å². The van der Waals surface area contributed by atoms with Gasteiger partial charge >= 0.3 is 11.9 Å². The van der Waals surface area contributed by atoms with E-state index in [1.807, 2.05) is 26.0 Å². The molecule has 0 amide bonds. The molecule has 5 heteroatoms. The normalized spacial score (nSPS) is 25.0. The molecule has 0 aliphatic carbocycles. The Bertz CT molecular complexity index is 808. The molecule has 4 bridgehead atoms. The number of methoxy groups -OCH3 is 1. The summed E-state index contributed by atoms with van der Waals surface area (Å²) in [7, 11) is 1.36. The summed E-state index contributed by atoms with van der Waals surface area (Å²) in [6.45, 7) is 7.98. The lowest BCUT2D eigenvalue weighted by molar-refractivity contribution is -0.139. The van der Waals surface area contributed by atoms with Crippen LogP contribution in [-0.2, 0) is 20.7 Å². The van der Waals surface area contributed by atoms with Gasteiger partial charge in [-0.2, -0.15) is 0 Å². The lowest BCUT2D eigenvalue weighted by Crippen LogP contribution is -2.11. The lowest BCUT2D eigenvalue weighted by Gasteiger charge is -2.16. The smallest absolute Gasteiger partial charge is 0.341 e. The summed E-state index contributed by atoms with van der Waals surface area (Å²) >= 11 is 0. The molecule has 0 spiro atoms. The number of rotatable bonds is 2. The Morgan fingerprint density at radius 1 is 1.35 bits per heavy atom. The molecule has 3 heterocycles. The Morgan fingerprint density at radius 2 is 2.12 bits per heavy atom. The minimum Gasteiger partial charge on any atom is -0.465 e. The van der Waals surface area contributed by atoms with Crippen molar-refractivity contribution in [2.45, 2.75) is 45.6 Å². The molecule has 3 rings (SSSR count). The number of allylic oxidation sites excluding steroid dienone is 1. The molecule has 138 valence electrons. The monoisotopic (exact) mass is 356 g/mol. The highest BCUT2D eigenvalue weighted by Crippen LogP contribution is 2.31. The Labute approximate surface area is 153 Å². The van der Waals surface area contributed by atoms with Crippen LogP contribution < -0.4 is 0 Å². The number of esters is 2. The molecule has 2 atom stereocenters. The Kier molecular flexibility index (Phi) is 5.16. The molecule has 0 saturated carbocycles. The van der Waals surface area contributed by atoms with Crippen molar-refractivity contribution in [1.82, 2.24) is 0 Å². The van der Waals surface area contributed by atoms with E-state index in [4.69, 9.17) is 13.9 Å². The topological polar surface area (TPSA) is 65.7 Å².